The number of rotatable bonds is 8. The van der Waals surface area contributed by atoms with Gasteiger partial charge in [0.1, 0.15) is 12.7 Å². The quantitative estimate of drug-likeness (QED) is 0.311. The van der Waals surface area contributed by atoms with E-state index >= 15 is 0 Å². The normalized spacial score (nSPS) is 27.3. The minimum absolute atomic E-state index is 0.0493. The summed E-state index contributed by atoms with van der Waals surface area (Å²) in [6.45, 7) is 4.37. The molecule has 150 valence electrons. The Morgan fingerprint density at radius 3 is 1.81 bits per heavy atom. The van der Waals surface area contributed by atoms with Gasteiger partial charge in [-0.15, -0.1) is 0 Å². The predicted molar refractivity (Wildman–Crippen MR) is 88.5 cm³/mol. The van der Waals surface area contributed by atoms with Crippen LogP contribution < -0.4 is 0 Å². The summed E-state index contributed by atoms with van der Waals surface area (Å²) in [5.41, 5.74) is 0. The molecule has 0 aliphatic carbocycles. The highest BCUT2D eigenvalue weighted by molar-refractivity contribution is 6.08. The van der Waals surface area contributed by atoms with Crippen LogP contribution in [0.2, 0.25) is 6.32 Å². The van der Waals surface area contributed by atoms with Crippen LogP contribution in [0.25, 0.3) is 0 Å². The van der Waals surface area contributed by atoms with Crippen molar-refractivity contribution < 1.29 is 47.6 Å². The summed E-state index contributed by atoms with van der Waals surface area (Å²) in [5.74, 6) is -2.69. The van der Waals surface area contributed by atoms with Gasteiger partial charge in [-0.25, -0.2) is 0 Å². The number of hydrogen-bond donors (Lipinski definition) is 0. The number of carbonyl (C=O) groups is 4. The predicted octanol–water partition coefficient (Wildman–Crippen LogP) is -0.327. The van der Waals surface area contributed by atoms with Gasteiger partial charge in [-0.2, -0.15) is 0 Å². The highest BCUT2D eigenvalue weighted by Gasteiger charge is 2.52. The molecule has 1 heterocycles. The maximum Gasteiger partial charge on any atom is 0.303 e. The summed E-state index contributed by atoms with van der Waals surface area (Å²) < 4.78 is 31.7. The first-order chi connectivity index (χ1) is 12.6. The molecule has 0 saturated carbocycles. The Morgan fingerprint density at radius 1 is 0.815 bits per heavy atom. The van der Waals surface area contributed by atoms with Crippen LogP contribution in [0.4, 0.5) is 0 Å². The van der Waals surface area contributed by atoms with Gasteiger partial charge in [0.05, 0.1) is 7.85 Å². The maximum absolute atomic E-state index is 11.6. The van der Waals surface area contributed by atoms with Crippen LogP contribution in [0.15, 0.2) is 0 Å². The molecule has 1 unspecified atom stereocenters. The van der Waals surface area contributed by atoms with Crippen molar-refractivity contribution >= 4 is 31.7 Å². The lowest BCUT2D eigenvalue weighted by Gasteiger charge is -2.44. The topological polar surface area (TPSA) is 124 Å². The van der Waals surface area contributed by atoms with Crippen molar-refractivity contribution in [3.63, 3.8) is 0 Å². The molecule has 0 amide bonds. The fraction of sp³-hybridized carbons (Fsp3) is 0.750. The molecule has 1 aliphatic heterocycles. The van der Waals surface area contributed by atoms with E-state index in [-0.39, 0.29) is 19.5 Å². The molecule has 0 aromatic rings. The summed E-state index contributed by atoms with van der Waals surface area (Å²) in [5, 5.41) is 0. The Bertz CT molecular complexity index is 551. The highest BCUT2D eigenvalue weighted by Crippen LogP contribution is 2.29. The molecule has 27 heavy (non-hydrogen) atoms. The Balaban J connectivity index is 3.22. The van der Waals surface area contributed by atoms with Crippen molar-refractivity contribution in [2.75, 3.05) is 13.2 Å². The second-order valence-electron chi connectivity index (χ2n) is 5.73. The summed E-state index contributed by atoms with van der Waals surface area (Å²) in [7, 11) is 5.42. The molecule has 1 saturated heterocycles. The number of ether oxygens (including phenoxy) is 6. The van der Waals surface area contributed by atoms with Crippen molar-refractivity contribution in [1.29, 1.82) is 0 Å². The van der Waals surface area contributed by atoms with Crippen molar-refractivity contribution in [1.82, 2.24) is 0 Å². The average molecular weight is 386 g/mol. The zero-order valence-electron chi connectivity index (χ0n) is 15.7. The molecule has 1 aliphatic rings. The summed E-state index contributed by atoms with van der Waals surface area (Å²) in [4.78, 5) is 45.8. The molecule has 0 N–H and O–H groups in total. The minimum Gasteiger partial charge on any atom is -0.463 e. The first-order valence-electron chi connectivity index (χ1n) is 8.27. The largest absolute Gasteiger partial charge is 0.463 e. The number of esters is 4. The Kier molecular flexibility index (Phi) is 9.23. The van der Waals surface area contributed by atoms with Crippen LogP contribution in [-0.4, -0.2) is 75.6 Å². The van der Waals surface area contributed by atoms with Gasteiger partial charge >= 0.3 is 23.9 Å². The van der Waals surface area contributed by atoms with E-state index in [0.29, 0.717) is 0 Å². The van der Waals surface area contributed by atoms with Gasteiger partial charge in [0, 0.05) is 34.3 Å². The standard InChI is InChI=1S/C16H23BO10/c1-8(18)23-7-12-13(24-9(2)19)14(25-10(3)20)15(26-11(4)21)16(27-12)22-6-5-17/h12-16H,5-7H2,1-4H3/t12-,13-,14+,15+,16?/m1/s1. The van der Waals surface area contributed by atoms with Gasteiger partial charge in [0.15, 0.2) is 24.6 Å². The van der Waals surface area contributed by atoms with E-state index < -0.39 is 54.6 Å². The SMILES string of the molecule is [B]CCOC1O[C@H](COC(C)=O)[C@@H](OC(C)=O)[C@H](OC(C)=O)[C@@H]1OC(C)=O. The Morgan fingerprint density at radius 2 is 1.33 bits per heavy atom. The molecular weight excluding hydrogens is 363 g/mol. The smallest absolute Gasteiger partial charge is 0.303 e. The highest BCUT2D eigenvalue weighted by atomic mass is 16.7. The summed E-state index contributed by atoms with van der Waals surface area (Å²) >= 11 is 0. The lowest BCUT2D eigenvalue weighted by atomic mass is 9.98. The van der Waals surface area contributed by atoms with Crippen LogP contribution >= 0.6 is 0 Å². The van der Waals surface area contributed by atoms with E-state index in [2.05, 4.69) is 0 Å². The lowest BCUT2D eigenvalue weighted by molar-refractivity contribution is -0.307. The molecule has 0 aromatic heterocycles. The van der Waals surface area contributed by atoms with Crippen LogP contribution in [0.3, 0.4) is 0 Å². The summed E-state index contributed by atoms with van der Waals surface area (Å²) in [6, 6.07) is 0. The third kappa shape index (κ3) is 7.55. The molecule has 11 heteroatoms. The zero-order valence-corrected chi connectivity index (χ0v) is 15.7. The van der Waals surface area contributed by atoms with Crippen molar-refractivity contribution in [3.8, 4) is 0 Å². The Labute approximate surface area is 158 Å². The third-order valence-electron chi connectivity index (χ3n) is 3.35. The van der Waals surface area contributed by atoms with Crippen LogP contribution in [-0.2, 0) is 47.6 Å². The summed E-state index contributed by atoms with van der Waals surface area (Å²) in [6.07, 6.45) is -5.74. The molecule has 2 radical (unpaired) electrons. The van der Waals surface area contributed by atoms with E-state index in [9.17, 15) is 19.2 Å². The first kappa shape index (κ1) is 22.9. The number of carbonyl (C=O) groups excluding carboxylic acids is 4. The van der Waals surface area contributed by atoms with Gasteiger partial charge < -0.3 is 28.4 Å². The monoisotopic (exact) mass is 386 g/mol. The average Bonchev–Trinajstić information content (AvgIpc) is 2.54. The Hall–Kier alpha value is -2.14. The van der Waals surface area contributed by atoms with E-state index in [4.69, 9.17) is 36.3 Å². The molecule has 10 nitrogen and oxygen atoms in total. The molecule has 1 rings (SSSR count). The second-order valence-corrected chi connectivity index (χ2v) is 5.73. The molecule has 0 aromatic carbocycles. The minimum atomic E-state index is -1.24. The maximum atomic E-state index is 11.6. The fourth-order valence-electron chi connectivity index (χ4n) is 2.51. The third-order valence-corrected chi connectivity index (χ3v) is 3.35. The van der Waals surface area contributed by atoms with Gasteiger partial charge in [-0.05, 0) is 0 Å². The van der Waals surface area contributed by atoms with E-state index in [1.54, 1.807) is 0 Å². The first-order valence-corrected chi connectivity index (χ1v) is 8.27. The van der Waals surface area contributed by atoms with Crippen molar-refractivity contribution in [2.45, 2.75) is 64.7 Å². The van der Waals surface area contributed by atoms with Gasteiger partial charge in [0.25, 0.3) is 0 Å². The molecule has 0 bridgehead atoms. The molecule has 5 atom stereocenters. The van der Waals surface area contributed by atoms with Gasteiger partial charge in [-0.3, -0.25) is 19.2 Å². The van der Waals surface area contributed by atoms with Crippen LogP contribution in [0.1, 0.15) is 27.7 Å². The zero-order chi connectivity index (χ0) is 20.6. The van der Waals surface area contributed by atoms with Gasteiger partial charge in [-0.1, -0.05) is 6.32 Å². The second kappa shape index (κ2) is 10.9. The molecular formula is C16H23BO10. The van der Waals surface area contributed by atoms with Crippen LogP contribution in [0.5, 0.6) is 0 Å². The van der Waals surface area contributed by atoms with E-state index in [1.165, 1.54) is 6.92 Å². The van der Waals surface area contributed by atoms with E-state index in [0.717, 1.165) is 20.8 Å². The van der Waals surface area contributed by atoms with Crippen molar-refractivity contribution in [2.24, 2.45) is 0 Å². The van der Waals surface area contributed by atoms with E-state index in [1.807, 2.05) is 0 Å². The lowest BCUT2D eigenvalue weighted by Crippen LogP contribution is -2.63. The van der Waals surface area contributed by atoms with Crippen molar-refractivity contribution in [3.05, 3.63) is 0 Å². The number of hydrogen-bond acceptors (Lipinski definition) is 10. The molecule has 1 fully saturated rings. The van der Waals surface area contributed by atoms with Gasteiger partial charge in [0.2, 0.25) is 0 Å². The fourth-order valence-corrected chi connectivity index (χ4v) is 2.51. The van der Waals surface area contributed by atoms with Crippen LogP contribution in [0, 0.1) is 0 Å². The molecule has 0 spiro atoms.